The normalized spacial score (nSPS) is 27.1. The number of carbonyl (C=O) groups is 2. The summed E-state index contributed by atoms with van der Waals surface area (Å²) in [7, 11) is 0. The fraction of sp³-hybridized carbons (Fsp3) is 0.684. The number of ether oxygens (including phenoxy) is 3. The molecule has 2 unspecified atom stereocenters. The van der Waals surface area contributed by atoms with Gasteiger partial charge in [0.1, 0.15) is 12.4 Å². The Kier molecular flexibility index (Phi) is 7.81. The molecule has 168 valence electrons. The average Bonchev–Trinajstić information content (AvgIpc) is 2.91. The summed E-state index contributed by atoms with van der Waals surface area (Å²) in [5.41, 5.74) is 2.93. The van der Waals surface area contributed by atoms with Crippen molar-refractivity contribution in [2.45, 2.75) is 58.2 Å². The van der Waals surface area contributed by atoms with Gasteiger partial charge >= 0.3 is 17.6 Å². The van der Waals surface area contributed by atoms with Gasteiger partial charge in [-0.05, 0) is 18.4 Å². The van der Waals surface area contributed by atoms with Gasteiger partial charge in [-0.3, -0.25) is 14.2 Å². The van der Waals surface area contributed by atoms with Crippen LogP contribution in [-0.4, -0.2) is 51.9 Å². The molecule has 30 heavy (non-hydrogen) atoms. The van der Waals surface area contributed by atoms with Crippen LogP contribution in [0.3, 0.4) is 0 Å². The van der Waals surface area contributed by atoms with Crippen LogP contribution < -0.4 is 11.4 Å². The maximum Gasteiger partial charge on any atom is 0.351 e. The quantitative estimate of drug-likeness (QED) is 0.473. The van der Waals surface area contributed by atoms with E-state index in [9.17, 15) is 14.4 Å². The number of anilines is 1. The van der Waals surface area contributed by atoms with E-state index in [0.717, 1.165) is 11.5 Å². The Bertz CT molecular complexity index is 835. The van der Waals surface area contributed by atoms with Crippen molar-refractivity contribution in [1.82, 2.24) is 9.55 Å². The molecule has 0 aliphatic carbocycles. The van der Waals surface area contributed by atoms with Gasteiger partial charge in [-0.25, -0.2) is 9.18 Å². The Morgan fingerprint density at radius 1 is 1.43 bits per heavy atom. The van der Waals surface area contributed by atoms with Crippen LogP contribution in [0.2, 0.25) is 0 Å². The highest BCUT2D eigenvalue weighted by Crippen LogP contribution is 2.41. The van der Waals surface area contributed by atoms with Gasteiger partial charge in [0.25, 0.3) is 0 Å². The predicted molar refractivity (Wildman–Crippen MR) is 107 cm³/mol. The minimum Gasteiger partial charge on any atom is -0.462 e. The zero-order valence-electron chi connectivity index (χ0n) is 17.3. The summed E-state index contributed by atoms with van der Waals surface area (Å²) in [5, 5.41) is 0. The van der Waals surface area contributed by atoms with Gasteiger partial charge in [0.05, 0.1) is 11.8 Å². The van der Waals surface area contributed by atoms with Crippen LogP contribution >= 0.6 is 11.6 Å². The molecule has 2 heterocycles. The molecule has 11 heteroatoms. The number of alkyl halides is 2. The largest absolute Gasteiger partial charge is 0.462 e. The lowest BCUT2D eigenvalue weighted by Gasteiger charge is -2.31. The van der Waals surface area contributed by atoms with Gasteiger partial charge in [-0.15, -0.1) is 11.6 Å². The number of halogens is 2. The fourth-order valence-corrected chi connectivity index (χ4v) is 3.69. The molecule has 2 rings (SSSR count). The van der Waals surface area contributed by atoms with E-state index in [4.69, 9.17) is 31.5 Å². The second-order valence-corrected chi connectivity index (χ2v) is 8.13. The minimum atomic E-state index is -1.97. The standard InChI is InChI=1S/C19H27ClFN3O6/c1-10(2)7-11(3)17(26)28-9-19(8-20)15(29-12(4)25)14(21)16(30-19)24-6-5-13(22)23-18(24)27/h5-6,10-11,14-16H,7-9H2,1-4H3,(H2,22,23,27)/t11?,14-,15+,16?,19-/m1/s1. The van der Waals surface area contributed by atoms with Crippen molar-refractivity contribution in [3.63, 3.8) is 0 Å². The molecule has 0 aromatic carbocycles. The molecule has 0 bridgehead atoms. The molecular formula is C19H27ClFN3O6. The molecule has 0 saturated carbocycles. The van der Waals surface area contributed by atoms with Gasteiger partial charge in [-0.1, -0.05) is 20.8 Å². The molecule has 1 aromatic heterocycles. The molecule has 1 saturated heterocycles. The fourth-order valence-electron chi connectivity index (χ4n) is 3.39. The maximum absolute atomic E-state index is 15.3. The van der Waals surface area contributed by atoms with Crippen molar-refractivity contribution in [2.24, 2.45) is 11.8 Å². The van der Waals surface area contributed by atoms with E-state index in [-0.39, 0.29) is 17.6 Å². The topological polar surface area (TPSA) is 123 Å². The van der Waals surface area contributed by atoms with Crippen molar-refractivity contribution in [1.29, 1.82) is 0 Å². The number of rotatable bonds is 8. The third-order valence-corrected chi connectivity index (χ3v) is 5.22. The summed E-state index contributed by atoms with van der Waals surface area (Å²) < 4.78 is 32.4. The number of nitrogens with two attached hydrogens (primary N) is 1. The van der Waals surface area contributed by atoms with E-state index >= 15 is 4.39 Å². The van der Waals surface area contributed by atoms with Crippen LogP contribution in [0.15, 0.2) is 17.1 Å². The first-order chi connectivity index (χ1) is 14.0. The van der Waals surface area contributed by atoms with Crippen LogP contribution in [0.1, 0.15) is 40.3 Å². The average molecular weight is 448 g/mol. The Morgan fingerprint density at radius 3 is 2.63 bits per heavy atom. The molecule has 9 nitrogen and oxygen atoms in total. The monoisotopic (exact) mass is 447 g/mol. The van der Waals surface area contributed by atoms with E-state index < -0.39 is 54.3 Å². The smallest absolute Gasteiger partial charge is 0.351 e. The van der Waals surface area contributed by atoms with Gasteiger partial charge < -0.3 is 19.9 Å². The second-order valence-electron chi connectivity index (χ2n) is 7.86. The summed E-state index contributed by atoms with van der Waals surface area (Å²) in [6.45, 7) is 6.31. The van der Waals surface area contributed by atoms with Crippen LogP contribution in [0.5, 0.6) is 0 Å². The lowest BCUT2D eigenvalue weighted by atomic mass is 9.97. The van der Waals surface area contributed by atoms with Crippen molar-refractivity contribution < 1.29 is 28.2 Å². The molecule has 2 N–H and O–H groups in total. The molecular weight excluding hydrogens is 421 g/mol. The van der Waals surface area contributed by atoms with E-state index in [1.54, 1.807) is 6.92 Å². The molecule has 1 aromatic rings. The van der Waals surface area contributed by atoms with Crippen LogP contribution in [0.4, 0.5) is 10.2 Å². The Hall–Kier alpha value is -2.20. The highest BCUT2D eigenvalue weighted by Gasteiger charge is 2.59. The lowest BCUT2D eigenvalue weighted by molar-refractivity contribution is -0.174. The molecule has 1 aliphatic heterocycles. The van der Waals surface area contributed by atoms with Crippen LogP contribution in [-0.2, 0) is 23.8 Å². The van der Waals surface area contributed by atoms with Crippen molar-refractivity contribution in [3.8, 4) is 0 Å². The summed E-state index contributed by atoms with van der Waals surface area (Å²) in [4.78, 5) is 39.6. The zero-order chi connectivity index (χ0) is 22.6. The number of hydrogen-bond acceptors (Lipinski definition) is 8. The molecule has 1 fully saturated rings. The van der Waals surface area contributed by atoms with Gasteiger partial charge in [0, 0.05) is 13.1 Å². The highest BCUT2D eigenvalue weighted by atomic mass is 35.5. The third kappa shape index (κ3) is 5.28. The number of hydrogen-bond donors (Lipinski definition) is 1. The van der Waals surface area contributed by atoms with Crippen LogP contribution in [0.25, 0.3) is 0 Å². The summed E-state index contributed by atoms with van der Waals surface area (Å²) in [6, 6.07) is 1.30. The number of nitrogen functional groups attached to an aromatic ring is 1. The Balaban J connectivity index is 2.31. The predicted octanol–water partition coefficient (Wildman–Crippen LogP) is 1.83. The van der Waals surface area contributed by atoms with Gasteiger partial charge in [0.15, 0.2) is 24.1 Å². The maximum atomic E-state index is 15.3. The molecule has 0 spiro atoms. The van der Waals surface area contributed by atoms with E-state index in [1.807, 2.05) is 13.8 Å². The van der Waals surface area contributed by atoms with Crippen molar-refractivity contribution >= 4 is 29.4 Å². The molecule has 0 amide bonds. The number of nitrogens with zero attached hydrogens (tertiary/aromatic N) is 2. The Labute approximate surface area is 178 Å². The number of aromatic nitrogens is 2. The first-order valence-corrected chi connectivity index (χ1v) is 10.1. The third-order valence-electron chi connectivity index (χ3n) is 4.77. The minimum absolute atomic E-state index is 0.0436. The molecule has 1 aliphatic rings. The van der Waals surface area contributed by atoms with Crippen LogP contribution in [0, 0.1) is 11.8 Å². The second kappa shape index (κ2) is 9.74. The SMILES string of the molecule is CC(=O)O[C@H]1[C@@H](F)C(n2ccc(N)nc2=O)O[C@]1(CCl)COC(=O)C(C)CC(C)C. The molecule has 0 radical (unpaired) electrons. The van der Waals surface area contributed by atoms with Gasteiger partial charge in [0.2, 0.25) is 0 Å². The lowest BCUT2D eigenvalue weighted by Crippen LogP contribution is -2.50. The Morgan fingerprint density at radius 2 is 2.10 bits per heavy atom. The zero-order valence-corrected chi connectivity index (χ0v) is 18.1. The van der Waals surface area contributed by atoms with E-state index in [0.29, 0.717) is 6.42 Å². The highest BCUT2D eigenvalue weighted by molar-refractivity contribution is 6.18. The molecule has 5 atom stereocenters. The number of esters is 2. The van der Waals surface area contributed by atoms with Crippen molar-refractivity contribution in [3.05, 3.63) is 22.7 Å². The summed E-state index contributed by atoms with van der Waals surface area (Å²) >= 11 is 6.08. The van der Waals surface area contributed by atoms with Crippen molar-refractivity contribution in [2.75, 3.05) is 18.2 Å². The van der Waals surface area contributed by atoms with Gasteiger partial charge in [-0.2, -0.15) is 4.98 Å². The number of carbonyl (C=O) groups excluding carboxylic acids is 2. The summed E-state index contributed by atoms with van der Waals surface area (Å²) in [5.74, 6) is -1.81. The first kappa shape index (κ1) is 24.1. The van der Waals surface area contributed by atoms with E-state index in [2.05, 4.69) is 4.98 Å². The first-order valence-electron chi connectivity index (χ1n) is 9.57. The van der Waals surface area contributed by atoms with E-state index in [1.165, 1.54) is 12.3 Å². The summed E-state index contributed by atoms with van der Waals surface area (Å²) in [6.07, 6.45) is -3.16.